The molecule has 1 aromatic carbocycles. The zero-order valence-corrected chi connectivity index (χ0v) is 21.2. The molecule has 1 saturated heterocycles. The van der Waals surface area contributed by atoms with E-state index >= 15 is 0 Å². The lowest BCUT2D eigenvalue weighted by molar-refractivity contribution is -0.140. The number of carbonyl (C=O) groups excluding carboxylic acids is 2. The number of ether oxygens (including phenoxy) is 2. The van der Waals surface area contributed by atoms with Gasteiger partial charge in [-0.25, -0.2) is 4.98 Å². The number of carbonyl (C=O) groups is 2. The Morgan fingerprint density at radius 1 is 1.29 bits per heavy atom. The first kappa shape index (κ1) is 25.2. The fourth-order valence-corrected chi connectivity index (χ4v) is 4.37. The summed E-state index contributed by atoms with van der Waals surface area (Å²) in [5, 5.41) is 3.70. The molecule has 1 atom stereocenters. The van der Waals surface area contributed by atoms with Crippen LogP contribution in [0.25, 0.3) is 0 Å². The number of aromatic nitrogens is 2. The SMILES string of the molecule is COC1CCN(c2ncc(Cl)c(Nc3ccc4c(c3)CC(OCC(=O)N(C)C)C(=O)N4C)n2)CC1. The number of piperidine rings is 1. The molecular formula is C24H31ClN6O4. The van der Waals surface area contributed by atoms with Crippen molar-refractivity contribution in [1.82, 2.24) is 14.9 Å². The molecular weight excluding hydrogens is 472 g/mol. The van der Waals surface area contributed by atoms with Crippen LogP contribution >= 0.6 is 11.6 Å². The lowest BCUT2D eigenvalue weighted by Gasteiger charge is -2.32. The lowest BCUT2D eigenvalue weighted by Crippen LogP contribution is -2.44. The molecule has 1 N–H and O–H groups in total. The van der Waals surface area contributed by atoms with Crippen molar-refractivity contribution in [2.75, 3.05) is 63.1 Å². The molecule has 0 spiro atoms. The minimum atomic E-state index is -0.726. The highest BCUT2D eigenvalue weighted by atomic mass is 35.5. The summed E-state index contributed by atoms with van der Waals surface area (Å²) in [6.45, 7) is 1.48. The third-order valence-corrected chi connectivity index (χ3v) is 6.69. The first-order valence-electron chi connectivity index (χ1n) is 11.6. The number of benzene rings is 1. The van der Waals surface area contributed by atoms with Crippen LogP contribution in [0, 0.1) is 0 Å². The Kier molecular flexibility index (Phi) is 7.73. The minimum Gasteiger partial charge on any atom is -0.381 e. The van der Waals surface area contributed by atoms with Gasteiger partial charge in [0.15, 0.2) is 5.82 Å². The number of likely N-dealkylation sites (N-methyl/N-ethyl adjacent to an activating group) is 2. The maximum absolute atomic E-state index is 12.7. The van der Waals surface area contributed by atoms with Crippen molar-refractivity contribution in [2.45, 2.75) is 31.5 Å². The first-order chi connectivity index (χ1) is 16.8. The number of nitrogens with one attached hydrogen (secondary N) is 1. The van der Waals surface area contributed by atoms with Gasteiger partial charge in [-0.05, 0) is 36.6 Å². The Balaban J connectivity index is 1.49. The summed E-state index contributed by atoms with van der Waals surface area (Å²) in [5.74, 6) is 0.761. The van der Waals surface area contributed by atoms with Crippen molar-refractivity contribution < 1.29 is 19.1 Å². The van der Waals surface area contributed by atoms with Gasteiger partial charge >= 0.3 is 0 Å². The number of amides is 2. The van der Waals surface area contributed by atoms with Gasteiger partial charge in [-0.15, -0.1) is 0 Å². The van der Waals surface area contributed by atoms with Crippen LogP contribution in [0.15, 0.2) is 24.4 Å². The van der Waals surface area contributed by atoms with Crippen molar-refractivity contribution in [2.24, 2.45) is 0 Å². The van der Waals surface area contributed by atoms with Gasteiger partial charge in [0.25, 0.3) is 5.91 Å². The molecule has 0 radical (unpaired) electrons. The summed E-state index contributed by atoms with van der Waals surface area (Å²) in [4.78, 5) is 38.8. The van der Waals surface area contributed by atoms with Gasteiger partial charge in [0.1, 0.15) is 17.7 Å². The Morgan fingerprint density at radius 3 is 2.71 bits per heavy atom. The van der Waals surface area contributed by atoms with Crippen LogP contribution < -0.4 is 15.1 Å². The summed E-state index contributed by atoms with van der Waals surface area (Å²) >= 11 is 6.40. The minimum absolute atomic E-state index is 0.147. The quantitative estimate of drug-likeness (QED) is 0.616. The highest BCUT2D eigenvalue weighted by Crippen LogP contribution is 2.33. The summed E-state index contributed by atoms with van der Waals surface area (Å²) in [7, 11) is 6.75. The zero-order chi connectivity index (χ0) is 25.1. The molecule has 0 aliphatic carbocycles. The molecule has 0 saturated carbocycles. The smallest absolute Gasteiger partial charge is 0.256 e. The van der Waals surface area contributed by atoms with Crippen LogP contribution in [-0.4, -0.2) is 86.8 Å². The fourth-order valence-electron chi connectivity index (χ4n) is 4.23. The van der Waals surface area contributed by atoms with Crippen LogP contribution in [0.3, 0.4) is 0 Å². The zero-order valence-electron chi connectivity index (χ0n) is 20.5. The van der Waals surface area contributed by atoms with E-state index in [-0.39, 0.29) is 24.5 Å². The Hall–Kier alpha value is -2.95. The van der Waals surface area contributed by atoms with Gasteiger partial charge in [-0.2, -0.15) is 4.98 Å². The van der Waals surface area contributed by atoms with E-state index in [1.807, 2.05) is 18.2 Å². The van der Waals surface area contributed by atoms with Crippen molar-refractivity contribution in [3.63, 3.8) is 0 Å². The topological polar surface area (TPSA) is 100 Å². The molecule has 1 aromatic heterocycles. The normalized spacial score (nSPS) is 18.4. The first-order valence-corrected chi connectivity index (χ1v) is 11.9. The third-order valence-electron chi connectivity index (χ3n) is 6.41. The van der Waals surface area contributed by atoms with Crippen molar-refractivity contribution in [3.8, 4) is 0 Å². The van der Waals surface area contributed by atoms with E-state index < -0.39 is 6.10 Å². The molecule has 10 nitrogen and oxygen atoms in total. The molecule has 11 heteroatoms. The summed E-state index contributed by atoms with van der Waals surface area (Å²) in [5.41, 5.74) is 2.50. The van der Waals surface area contributed by atoms with Gasteiger partial charge in [-0.1, -0.05) is 11.6 Å². The summed E-state index contributed by atoms with van der Waals surface area (Å²) < 4.78 is 11.1. The lowest BCUT2D eigenvalue weighted by atomic mass is 9.98. The van der Waals surface area contributed by atoms with Gasteiger partial charge in [-0.3, -0.25) is 9.59 Å². The molecule has 3 heterocycles. The van der Waals surface area contributed by atoms with Gasteiger partial charge in [0.2, 0.25) is 11.9 Å². The van der Waals surface area contributed by atoms with Crippen LogP contribution in [-0.2, 0) is 25.5 Å². The van der Waals surface area contributed by atoms with E-state index in [2.05, 4.69) is 20.2 Å². The Bertz CT molecular complexity index is 1090. The number of hydrogen-bond acceptors (Lipinski definition) is 8. The second kappa shape index (κ2) is 10.8. The largest absolute Gasteiger partial charge is 0.381 e. The number of hydrogen-bond donors (Lipinski definition) is 1. The molecule has 0 bridgehead atoms. The number of nitrogens with zero attached hydrogens (tertiary/aromatic N) is 5. The number of fused-ring (bicyclic) bond motifs is 1. The number of halogens is 1. The van der Waals surface area contributed by atoms with E-state index in [1.165, 1.54) is 4.90 Å². The molecule has 2 aliphatic heterocycles. The number of rotatable bonds is 7. The third kappa shape index (κ3) is 5.66. The number of anilines is 4. The predicted octanol–water partition coefficient (Wildman–Crippen LogP) is 2.48. The Morgan fingerprint density at radius 2 is 2.03 bits per heavy atom. The van der Waals surface area contributed by atoms with E-state index in [0.717, 1.165) is 42.9 Å². The fraction of sp³-hybridized carbons (Fsp3) is 0.500. The monoisotopic (exact) mass is 502 g/mol. The standard InChI is InChI=1S/C24H31ClN6O4/c1-29(2)21(32)14-35-20-12-15-11-16(5-6-19(15)30(3)23(20)33)27-22-18(25)13-26-24(28-22)31-9-7-17(34-4)8-10-31/h5-6,11,13,17,20H,7-10,12,14H2,1-4H3,(H,26,27,28). The maximum atomic E-state index is 12.7. The van der Waals surface area contributed by atoms with Crippen LogP contribution in [0.1, 0.15) is 18.4 Å². The molecule has 2 amide bonds. The molecule has 1 unspecified atom stereocenters. The van der Waals surface area contributed by atoms with Gasteiger partial charge in [0.05, 0.1) is 12.3 Å². The predicted molar refractivity (Wildman–Crippen MR) is 135 cm³/mol. The molecule has 35 heavy (non-hydrogen) atoms. The summed E-state index contributed by atoms with van der Waals surface area (Å²) in [6, 6.07) is 5.70. The van der Waals surface area contributed by atoms with Crippen LogP contribution in [0.5, 0.6) is 0 Å². The van der Waals surface area contributed by atoms with E-state index in [0.29, 0.717) is 23.2 Å². The summed E-state index contributed by atoms with van der Waals surface area (Å²) in [6.07, 6.45) is 3.36. The van der Waals surface area contributed by atoms with E-state index in [1.54, 1.807) is 39.3 Å². The van der Waals surface area contributed by atoms with E-state index in [9.17, 15) is 9.59 Å². The molecule has 188 valence electrons. The Labute approximate surface area is 210 Å². The number of methoxy groups -OCH3 is 1. The van der Waals surface area contributed by atoms with Gasteiger partial charge in [0, 0.05) is 59.1 Å². The van der Waals surface area contributed by atoms with Crippen LogP contribution in [0.2, 0.25) is 5.02 Å². The molecule has 4 rings (SSSR count). The van der Waals surface area contributed by atoms with Crippen LogP contribution in [0.4, 0.5) is 23.1 Å². The maximum Gasteiger partial charge on any atom is 0.256 e. The average Bonchev–Trinajstić information content (AvgIpc) is 2.86. The van der Waals surface area contributed by atoms with Crippen molar-refractivity contribution in [3.05, 3.63) is 35.0 Å². The highest BCUT2D eigenvalue weighted by molar-refractivity contribution is 6.32. The van der Waals surface area contributed by atoms with E-state index in [4.69, 9.17) is 21.1 Å². The second-order valence-corrected chi connectivity index (χ2v) is 9.35. The molecule has 2 aromatic rings. The molecule has 1 fully saturated rings. The second-order valence-electron chi connectivity index (χ2n) is 8.95. The van der Waals surface area contributed by atoms with Gasteiger partial charge < -0.3 is 29.5 Å². The average molecular weight is 503 g/mol. The highest BCUT2D eigenvalue weighted by Gasteiger charge is 2.32. The van der Waals surface area contributed by atoms with Crippen molar-refractivity contribution in [1.29, 1.82) is 0 Å². The van der Waals surface area contributed by atoms with Crippen molar-refractivity contribution >= 4 is 46.6 Å². The molecule has 2 aliphatic rings.